The minimum absolute atomic E-state index is 0.220. The van der Waals surface area contributed by atoms with Crippen LogP contribution in [0.25, 0.3) is 0 Å². The van der Waals surface area contributed by atoms with Crippen LogP contribution in [0.3, 0.4) is 0 Å². The third-order valence-corrected chi connectivity index (χ3v) is 2.58. The molecule has 0 saturated carbocycles. The number of hydrogen-bond donors (Lipinski definition) is 0. The number of carbonyl (C=O) groups is 2. The minimum atomic E-state index is -1.04. The molecule has 0 aromatic carbocycles. The Bertz CT molecular complexity index is 275. The van der Waals surface area contributed by atoms with Gasteiger partial charge in [0.2, 0.25) is 0 Å². The predicted molar refractivity (Wildman–Crippen MR) is 71.6 cm³/mol. The van der Waals surface area contributed by atoms with E-state index in [0.29, 0.717) is 6.61 Å². The standard InChI is InChI=1S/C14H26O5/c1-7-17-11(14(4,5)6)10(12(15)18-8-2)13(16)19-9-3/h10-11H,7-9H2,1-6H3. The average Bonchev–Trinajstić information content (AvgIpc) is 2.28. The number of hydrogen-bond acceptors (Lipinski definition) is 5. The van der Waals surface area contributed by atoms with E-state index in [1.807, 2.05) is 27.7 Å². The topological polar surface area (TPSA) is 61.8 Å². The summed E-state index contributed by atoms with van der Waals surface area (Å²) >= 11 is 0. The fraction of sp³-hybridized carbons (Fsp3) is 0.857. The van der Waals surface area contributed by atoms with E-state index < -0.39 is 24.0 Å². The summed E-state index contributed by atoms with van der Waals surface area (Å²) in [4.78, 5) is 24.0. The van der Waals surface area contributed by atoms with Gasteiger partial charge in [0, 0.05) is 6.61 Å². The highest BCUT2D eigenvalue weighted by Crippen LogP contribution is 2.30. The van der Waals surface area contributed by atoms with Gasteiger partial charge in [0.15, 0.2) is 5.92 Å². The highest BCUT2D eigenvalue weighted by atomic mass is 16.6. The van der Waals surface area contributed by atoms with Gasteiger partial charge >= 0.3 is 11.9 Å². The van der Waals surface area contributed by atoms with Gasteiger partial charge in [-0.25, -0.2) is 0 Å². The maximum Gasteiger partial charge on any atom is 0.323 e. The van der Waals surface area contributed by atoms with Crippen molar-refractivity contribution in [1.29, 1.82) is 0 Å². The first-order chi connectivity index (χ1) is 8.79. The van der Waals surface area contributed by atoms with Crippen molar-refractivity contribution in [3.05, 3.63) is 0 Å². The first kappa shape index (κ1) is 17.9. The van der Waals surface area contributed by atoms with Crippen LogP contribution in [0.15, 0.2) is 0 Å². The molecule has 112 valence electrons. The Morgan fingerprint density at radius 1 is 0.895 bits per heavy atom. The molecule has 0 spiro atoms. The highest BCUT2D eigenvalue weighted by Gasteiger charge is 2.44. The largest absolute Gasteiger partial charge is 0.465 e. The summed E-state index contributed by atoms with van der Waals surface area (Å²) in [6.07, 6.45) is -0.574. The molecular formula is C14H26O5. The van der Waals surface area contributed by atoms with Crippen molar-refractivity contribution < 1.29 is 23.8 Å². The zero-order valence-electron chi connectivity index (χ0n) is 12.8. The Balaban J connectivity index is 5.26. The van der Waals surface area contributed by atoms with E-state index in [2.05, 4.69) is 0 Å². The second-order valence-electron chi connectivity index (χ2n) is 5.22. The van der Waals surface area contributed by atoms with Crippen LogP contribution in [0.4, 0.5) is 0 Å². The Hall–Kier alpha value is -1.10. The number of ether oxygens (including phenoxy) is 3. The van der Waals surface area contributed by atoms with Crippen LogP contribution in [-0.2, 0) is 23.8 Å². The Kier molecular flexibility index (Phi) is 7.68. The Morgan fingerprint density at radius 3 is 1.58 bits per heavy atom. The summed E-state index contributed by atoms with van der Waals surface area (Å²) in [5.74, 6) is -2.22. The van der Waals surface area contributed by atoms with E-state index in [1.165, 1.54) is 0 Å². The molecule has 0 amide bonds. The first-order valence-corrected chi connectivity index (χ1v) is 6.74. The monoisotopic (exact) mass is 274 g/mol. The summed E-state index contributed by atoms with van der Waals surface area (Å²) < 4.78 is 15.6. The summed E-state index contributed by atoms with van der Waals surface area (Å²) in [6, 6.07) is 0. The summed E-state index contributed by atoms with van der Waals surface area (Å²) in [7, 11) is 0. The molecule has 0 rings (SSSR count). The summed E-state index contributed by atoms with van der Waals surface area (Å²) in [5, 5.41) is 0. The van der Waals surface area contributed by atoms with Gasteiger partial charge in [-0.2, -0.15) is 0 Å². The van der Waals surface area contributed by atoms with Gasteiger partial charge in [-0.15, -0.1) is 0 Å². The van der Waals surface area contributed by atoms with Crippen molar-refractivity contribution in [2.45, 2.75) is 47.6 Å². The minimum Gasteiger partial charge on any atom is -0.465 e. The van der Waals surface area contributed by atoms with E-state index in [0.717, 1.165) is 0 Å². The van der Waals surface area contributed by atoms with Crippen LogP contribution in [0, 0.1) is 11.3 Å². The van der Waals surface area contributed by atoms with Crippen molar-refractivity contribution >= 4 is 11.9 Å². The van der Waals surface area contributed by atoms with Gasteiger partial charge in [-0.1, -0.05) is 20.8 Å². The van der Waals surface area contributed by atoms with Gasteiger partial charge in [0.25, 0.3) is 0 Å². The Labute approximate surface area is 115 Å². The summed E-state index contributed by atoms with van der Waals surface area (Å²) in [6.45, 7) is 11.8. The van der Waals surface area contributed by atoms with Crippen molar-refractivity contribution in [3.8, 4) is 0 Å². The predicted octanol–water partition coefficient (Wildman–Crippen LogP) is 2.18. The maximum absolute atomic E-state index is 12.0. The van der Waals surface area contributed by atoms with Crippen molar-refractivity contribution in [1.82, 2.24) is 0 Å². The van der Waals surface area contributed by atoms with Crippen LogP contribution in [0.5, 0.6) is 0 Å². The molecule has 1 unspecified atom stereocenters. The number of esters is 2. The molecule has 1 atom stereocenters. The van der Waals surface area contributed by atoms with Gasteiger partial charge in [-0.05, 0) is 26.2 Å². The van der Waals surface area contributed by atoms with E-state index in [1.54, 1.807) is 13.8 Å². The van der Waals surface area contributed by atoms with Gasteiger partial charge in [0.05, 0.1) is 19.3 Å². The zero-order valence-corrected chi connectivity index (χ0v) is 12.8. The van der Waals surface area contributed by atoms with Crippen molar-refractivity contribution in [2.75, 3.05) is 19.8 Å². The lowest BCUT2D eigenvalue weighted by atomic mass is 9.81. The van der Waals surface area contributed by atoms with Crippen LogP contribution in [0.2, 0.25) is 0 Å². The highest BCUT2D eigenvalue weighted by molar-refractivity contribution is 5.95. The molecule has 0 aliphatic heterocycles. The number of carbonyl (C=O) groups excluding carboxylic acids is 2. The lowest BCUT2D eigenvalue weighted by Gasteiger charge is -2.34. The normalized spacial score (nSPS) is 13.2. The molecular weight excluding hydrogens is 248 g/mol. The molecule has 19 heavy (non-hydrogen) atoms. The van der Waals surface area contributed by atoms with E-state index in [-0.39, 0.29) is 18.6 Å². The fourth-order valence-corrected chi connectivity index (χ4v) is 1.83. The molecule has 0 fully saturated rings. The van der Waals surface area contributed by atoms with Gasteiger partial charge in [0.1, 0.15) is 0 Å². The number of rotatable bonds is 7. The quantitative estimate of drug-likeness (QED) is 0.526. The van der Waals surface area contributed by atoms with E-state index >= 15 is 0 Å². The molecule has 5 nitrogen and oxygen atoms in total. The molecule has 0 saturated heterocycles. The molecule has 5 heteroatoms. The van der Waals surface area contributed by atoms with Crippen LogP contribution in [0.1, 0.15) is 41.5 Å². The lowest BCUT2D eigenvalue weighted by molar-refractivity contribution is -0.174. The van der Waals surface area contributed by atoms with Gasteiger partial charge in [-0.3, -0.25) is 9.59 Å². The maximum atomic E-state index is 12.0. The van der Waals surface area contributed by atoms with Crippen LogP contribution < -0.4 is 0 Å². The van der Waals surface area contributed by atoms with Crippen molar-refractivity contribution in [3.63, 3.8) is 0 Å². The molecule has 0 N–H and O–H groups in total. The van der Waals surface area contributed by atoms with Crippen LogP contribution >= 0.6 is 0 Å². The van der Waals surface area contributed by atoms with Crippen molar-refractivity contribution in [2.24, 2.45) is 11.3 Å². The second kappa shape index (κ2) is 8.15. The average molecular weight is 274 g/mol. The fourth-order valence-electron chi connectivity index (χ4n) is 1.83. The zero-order chi connectivity index (χ0) is 15.1. The van der Waals surface area contributed by atoms with Gasteiger partial charge < -0.3 is 14.2 Å². The first-order valence-electron chi connectivity index (χ1n) is 6.74. The third-order valence-electron chi connectivity index (χ3n) is 2.58. The van der Waals surface area contributed by atoms with Crippen LogP contribution in [-0.4, -0.2) is 37.9 Å². The molecule has 0 aliphatic carbocycles. The molecule has 0 bridgehead atoms. The molecule has 0 aromatic rings. The molecule has 0 aromatic heterocycles. The lowest BCUT2D eigenvalue weighted by Crippen LogP contribution is -2.46. The van der Waals surface area contributed by atoms with E-state index in [9.17, 15) is 9.59 Å². The van der Waals surface area contributed by atoms with E-state index in [4.69, 9.17) is 14.2 Å². The molecule has 0 heterocycles. The Morgan fingerprint density at radius 2 is 1.32 bits per heavy atom. The molecule has 0 aliphatic rings. The summed E-state index contributed by atoms with van der Waals surface area (Å²) in [5.41, 5.74) is -0.375. The smallest absolute Gasteiger partial charge is 0.323 e. The second-order valence-corrected chi connectivity index (χ2v) is 5.22. The SMILES string of the molecule is CCOC(=O)C(C(=O)OCC)C(OCC)C(C)(C)C. The third kappa shape index (κ3) is 5.59. The molecule has 0 radical (unpaired) electrons.